The Morgan fingerprint density at radius 2 is 1.84 bits per heavy atom. The van der Waals surface area contributed by atoms with Gasteiger partial charge in [0.15, 0.2) is 11.5 Å². The molecule has 0 aromatic heterocycles. The fourth-order valence-corrected chi connectivity index (χ4v) is 4.01. The summed E-state index contributed by atoms with van der Waals surface area (Å²) < 4.78 is 10.2. The summed E-state index contributed by atoms with van der Waals surface area (Å²) in [6.07, 6.45) is 0.241. The lowest BCUT2D eigenvalue weighted by Crippen LogP contribution is -2.47. The molecule has 2 aromatic carbocycles. The average Bonchev–Trinajstić information content (AvgIpc) is 2.78. The highest BCUT2D eigenvalue weighted by Crippen LogP contribution is 2.38. The summed E-state index contributed by atoms with van der Waals surface area (Å²) in [7, 11) is 2.70. The number of carbonyl (C=O) groups is 1. The van der Waals surface area contributed by atoms with Crippen molar-refractivity contribution in [3.8, 4) is 11.5 Å². The second-order valence-corrected chi connectivity index (χ2v) is 7.85. The van der Waals surface area contributed by atoms with Gasteiger partial charge >= 0.3 is 5.69 Å². The standard InChI is InChI=1S/C21H23Cl2N3O5/c1-30-19-13-14(12-17(26(28)29)21(19)31-2)18(27)6-7-24-8-10-25(11-9-24)16-5-3-4-15(22)20(16)23/h3-5,12-13H,6-11H2,1-2H3. The van der Waals surface area contributed by atoms with Crippen LogP contribution in [0.4, 0.5) is 11.4 Å². The number of hydrogen-bond acceptors (Lipinski definition) is 7. The molecule has 1 aliphatic heterocycles. The van der Waals surface area contributed by atoms with Crippen LogP contribution in [-0.2, 0) is 0 Å². The van der Waals surface area contributed by atoms with Crippen LogP contribution in [0.15, 0.2) is 30.3 Å². The smallest absolute Gasteiger partial charge is 0.315 e. The number of Topliss-reactive ketones (excluding diaryl/α,β-unsaturated/α-hetero) is 1. The van der Waals surface area contributed by atoms with Gasteiger partial charge in [-0.25, -0.2) is 0 Å². The third-order valence-corrected chi connectivity index (χ3v) is 6.09. The summed E-state index contributed by atoms with van der Waals surface area (Å²) in [6, 6.07) is 8.29. The Bertz CT molecular complexity index is 978. The number of anilines is 1. The number of carbonyl (C=O) groups excluding carboxylic acids is 1. The van der Waals surface area contributed by atoms with Crippen LogP contribution in [0.2, 0.25) is 10.0 Å². The molecular weight excluding hydrogens is 445 g/mol. The Labute approximate surface area is 190 Å². The molecule has 1 saturated heterocycles. The normalized spacial score (nSPS) is 14.4. The van der Waals surface area contributed by atoms with Crippen LogP contribution >= 0.6 is 23.2 Å². The highest BCUT2D eigenvalue weighted by Gasteiger charge is 2.25. The Morgan fingerprint density at radius 3 is 2.45 bits per heavy atom. The van der Waals surface area contributed by atoms with E-state index in [-0.39, 0.29) is 35.0 Å². The van der Waals surface area contributed by atoms with E-state index < -0.39 is 4.92 Å². The zero-order valence-corrected chi connectivity index (χ0v) is 18.8. The maximum absolute atomic E-state index is 12.7. The molecule has 0 radical (unpaired) electrons. The van der Waals surface area contributed by atoms with E-state index in [0.717, 1.165) is 31.9 Å². The lowest BCUT2D eigenvalue weighted by Gasteiger charge is -2.36. The molecule has 31 heavy (non-hydrogen) atoms. The molecule has 0 N–H and O–H groups in total. The van der Waals surface area contributed by atoms with Crippen LogP contribution < -0.4 is 14.4 Å². The molecule has 0 unspecified atom stereocenters. The second-order valence-electron chi connectivity index (χ2n) is 7.06. The molecule has 0 atom stereocenters. The van der Waals surface area contributed by atoms with Crippen molar-refractivity contribution >= 4 is 40.4 Å². The molecule has 0 bridgehead atoms. The third-order valence-electron chi connectivity index (χ3n) is 5.28. The molecule has 1 fully saturated rings. The summed E-state index contributed by atoms with van der Waals surface area (Å²) in [6.45, 7) is 3.61. The first-order chi connectivity index (χ1) is 14.8. The zero-order valence-electron chi connectivity index (χ0n) is 17.3. The molecule has 0 aliphatic carbocycles. The van der Waals surface area contributed by atoms with Crippen LogP contribution in [0, 0.1) is 10.1 Å². The van der Waals surface area contributed by atoms with Crippen LogP contribution in [0.25, 0.3) is 0 Å². The predicted molar refractivity (Wildman–Crippen MR) is 120 cm³/mol. The zero-order chi connectivity index (χ0) is 22.5. The fraction of sp³-hybridized carbons (Fsp3) is 0.381. The van der Waals surface area contributed by atoms with E-state index in [1.54, 1.807) is 6.07 Å². The van der Waals surface area contributed by atoms with Crippen molar-refractivity contribution in [1.29, 1.82) is 0 Å². The first-order valence-electron chi connectivity index (χ1n) is 9.70. The molecule has 10 heteroatoms. The second kappa shape index (κ2) is 10.2. The first kappa shape index (κ1) is 23.1. The van der Waals surface area contributed by atoms with Crippen molar-refractivity contribution in [3.63, 3.8) is 0 Å². The van der Waals surface area contributed by atoms with Gasteiger partial charge < -0.3 is 14.4 Å². The number of nitro benzene ring substituents is 1. The van der Waals surface area contributed by atoms with Crippen molar-refractivity contribution in [3.05, 3.63) is 56.1 Å². The molecule has 8 nitrogen and oxygen atoms in total. The van der Waals surface area contributed by atoms with E-state index in [1.165, 1.54) is 26.4 Å². The first-order valence-corrected chi connectivity index (χ1v) is 10.5. The van der Waals surface area contributed by atoms with Crippen molar-refractivity contribution in [2.24, 2.45) is 0 Å². The predicted octanol–water partition coefficient (Wildman–Crippen LogP) is 4.31. The van der Waals surface area contributed by atoms with Gasteiger partial charge in [-0.2, -0.15) is 0 Å². The van der Waals surface area contributed by atoms with Gasteiger partial charge in [-0.05, 0) is 18.2 Å². The highest BCUT2D eigenvalue weighted by atomic mass is 35.5. The number of ether oxygens (including phenoxy) is 2. The number of nitro groups is 1. The maximum atomic E-state index is 12.7. The Kier molecular flexibility index (Phi) is 7.59. The highest BCUT2D eigenvalue weighted by molar-refractivity contribution is 6.43. The summed E-state index contributed by atoms with van der Waals surface area (Å²) in [4.78, 5) is 27.8. The third kappa shape index (κ3) is 5.20. The lowest BCUT2D eigenvalue weighted by atomic mass is 10.1. The molecule has 3 rings (SSSR count). The number of hydrogen-bond donors (Lipinski definition) is 0. The van der Waals surface area contributed by atoms with Crippen LogP contribution in [0.5, 0.6) is 11.5 Å². The molecule has 0 saturated carbocycles. The van der Waals surface area contributed by atoms with E-state index in [0.29, 0.717) is 16.6 Å². The van der Waals surface area contributed by atoms with Crippen LogP contribution in [0.1, 0.15) is 16.8 Å². The summed E-state index contributed by atoms with van der Waals surface area (Å²) in [5.74, 6) is -0.0312. The molecule has 0 amide bonds. The van der Waals surface area contributed by atoms with Gasteiger partial charge in [-0.15, -0.1) is 0 Å². The van der Waals surface area contributed by atoms with Gasteiger partial charge in [-0.1, -0.05) is 29.3 Å². The minimum absolute atomic E-state index is 0.000141. The van der Waals surface area contributed by atoms with E-state index in [4.69, 9.17) is 32.7 Å². The van der Waals surface area contributed by atoms with Crippen LogP contribution in [-0.4, -0.2) is 62.5 Å². The molecule has 1 aliphatic rings. The fourth-order valence-electron chi connectivity index (χ4n) is 3.59. The Balaban J connectivity index is 1.61. The van der Waals surface area contributed by atoms with Gasteiger partial charge in [0.25, 0.3) is 0 Å². The summed E-state index contributed by atoms with van der Waals surface area (Å²) >= 11 is 12.4. The Morgan fingerprint density at radius 1 is 1.13 bits per heavy atom. The van der Waals surface area contributed by atoms with E-state index in [2.05, 4.69) is 9.80 Å². The van der Waals surface area contributed by atoms with E-state index in [1.807, 2.05) is 12.1 Å². The number of methoxy groups -OCH3 is 2. The number of ketones is 1. The average molecular weight is 468 g/mol. The minimum Gasteiger partial charge on any atom is -0.493 e. The summed E-state index contributed by atoms with van der Waals surface area (Å²) in [5, 5.41) is 12.4. The van der Waals surface area contributed by atoms with Crippen molar-refractivity contribution < 1.29 is 19.2 Å². The molecular formula is C21H23Cl2N3O5. The Hall–Kier alpha value is -2.55. The SMILES string of the molecule is COc1cc(C(=O)CCN2CCN(c3cccc(Cl)c3Cl)CC2)cc([N+](=O)[O-])c1OC. The largest absolute Gasteiger partial charge is 0.493 e. The lowest BCUT2D eigenvalue weighted by molar-refractivity contribution is -0.385. The van der Waals surface area contributed by atoms with Gasteiger partial charge in [0.2, 0.25) is 5.75 Å². The topological polar surface area (TPSA) is 85.2 Å². The van der Waals surface area contributed by atoms with Gasteiger partial charge in [0.05, 0.1) is 34.9 Å². The molecule has 166 valence electrons. The monoisotopic (exact) mass is 467 g/mol. The number of rotatable bonds is 8. The van der Waals surface area contributed by atoms with Gasteiger partial charge in [0.1, 0.15) is 0 Å². The molecule has 1 heterocycles. The van der Waals surface area contributed by atoms with E-state index in [9.17, 15) is 14.9 Å². The van der Waals surface area contributed by atoms with Gasteiger partial charge in [-0.3, -0.25) is 19.8 Å². The van der Waals surface area contributed by atoms with Crippen molar-refractivity contribution in [2.45, 2.75) is 6.42 Å². The van der Waals surface area contributed by atoms with Crippen LogP contribution in [0.3, 0.4) is 0 Å². The number of piperazine rings is 1. The number of nitrogens with zero attached hydrogens (tertiary/aromatic N) is 3. The molecule has 2 aromatic rings. The van der Waals surface area contributed by atoms with Gasteiger partial charge in [0, 0.05) is 50.8 Å². The summed E-state index contributed by atoms with van der Waals surface area (Å²) in [5.41, 5.74) is 0.841. The maximum Gasteiger partial charge on any atom is 0.315 e. The van der Waals surface area contributed by atoms with Crippen molar-refractivity contribution in [1.82, 2.24) is 4.90 Å². The number of benzene rings is 2. The minimum atomic E-state index is -0.585. The van der Waals surface area contributed by atoms with E-state index >= 15 is 0 Å². The number of halogens is 2. The molecule has 0 spiro atoms. The van der Waals surface area contributed by atoms with Crippen molar-refractivity contribution in [2.75, 3.05) is 51.8 Å². The quantitative estimate of drug-likeness (QED) is 0.324.